The highest BCUT2D eigenvalue weighted by atomic mass is 35.5. The molecule has 0 bridgehead atoms. The number of halogens is 1. The maximum atomic E-state index is 5.86. The van der Waals surface area contributed by atoms with Crippen LogP contribution in [-0.2, 0) is 0 Å². The van der Waals surface area contributed by atoms with E-state index >= 15 is 0 Å². The first-order valence-electron chi connectivity index (χ1n) is 6.07. The van der Waals surface area contributed by atoms with Gasteiger partial charge in [0.05, 0.1) is 0 Å². The highest BCUT2D eigenvalue weighted by molar-refractivity contribution is 6.30. The predicted molar refractivity (Wildman–Crippen MR) is 71.1 cm³/mol. The summed E-state index contributed by atoms with van der Waals surface area (Å²) >= 11 is 5.86. The fourth-order valence-electron chi connectivity index (χ4n) is 2.33. The summed E-state index contributed by atoms with van der Waals surface area (Å²) in [6.45, 7) is 4.73. The molecular weight excluding hydrogens is 218 g/mol. The van der Waals surface area contributed by atoms with Crippen LogP contribution in [0, 0.1) is 5.41 Å². The van der Waals surface area contributed by atoms with E-state index in [1.807, 2.05) is 12.1 Å². The number of nitrogens with one attached hydrogen (secondary N) is 1. The van der Waals surface area contributed by atoms with Crippen molar-refractivity contribution in [1.29, 1.82) is 0 Å². The molecule has 0 amide bonds. The Morgan fingerprint density at radius 2 is 1.69 bits per heavy atom. The van der Waals surface area contributed by atoms with Gasteiger partial charge in [0.1, 0.15) is 0 Å². The molecule has 0 atom stereocenters. The second-order valence-corrected chi connectivity index (χ2v) is 6.03. The van der Waals surface area contributed by atoms with E-state index in [0.717, 1.165) is 5.02 Å². The Labute approximate surface area is 103 Å². The van der Waals surface area contributed by atoms with Gasteiger partial charge in [0.2, 0.25) is 0 Å². The zero-order valence-electron chi connectivity index (χ0n) is 10.1. The Morgan fingerprint density at radius 3 is 2.25 bits per heavy atom. The number of benzene rings is 1. The SMILES string of the molecule is CC1(C)CCC(Nc2ccc(Cl)cc2)CC1. The van der Waals surface area contributed by atoms with Crippen molar-refractivity contribution in [2.75, 3.05) is 5.32 Å². The molecule has 0 aromatic heterocycles. The lowest BCUT2D eigenvalue weighted by atomic mass is 9.75. The van der Waals surface area contributed by atoms with Crippen LogP contribution in [0.5, 0.6) is 0 Å². The second-order valence-electron chi connectivity index (χ2n) is 5.59. The Kier molecular flexibility index (Phi) is 3.44. The van der Waals surface area contributed by atoms with Crippen LogP contribution in [0.1, 0.15) is 39.5 Å². The second kappa shape index (κ2) is 4.67. The molecule has 1 saturated carbocycles. The fourth-order valence-corrected chi connectivity index (χ4v) is 2.45. The zero-order valence-corrected chi connectivity index (χ0v) is 10.8. The van der Waals surface area contributed by atoms with Crippen molar-refractivity contribution in [3.8, 4) is 0 Å². The molecular formula is C14H20ClN. The molecule has 0 heterocycles. The molecule has 1 aliphatic rings. The lowest BCUT2D eigenvalue weighted by Gasteiger charge is -2.35. The number of anilines is 1. The first-order valence-corrected chi connectivity index (χ1v) is 6.45. The van der Waals surface area contributed by atoms with Crippen LogP contribution in [0.15, 0.2) is 24.3 Å². The standard InChI is InChI=1S/C14H20ClN/c1-14(2)9-7-13(8-10-14)16-12-5-3-11(15)4-6-12/h3-6,13,16H,7-10H2,1-2H3. The maximum absolute atomic E-state index is 5.86. The minimum Gasteiger partial charge on any atom is -0.382 e. The van der Waals surface area contributed by atoms with Crippen LogP contribution < -0.4 is 5.32 Å². The van der Waals surface area contributed by atoms with Gasteiger partial charge in [-0.3, -0.25) is 0 Å². The first-order chi connectivity index (χ1) is 7.55. The van der Waals surface area contributed by atoms with Gasteiger partial charge in [0, 0.05) is 16.8 Å². The average molecular weight is 238 g/mol. The van der Waals surface area contributed by atoms with Crippen molar-refractivity contribution in [2.24, 2.45) is 5.41 Å². The molecule has 1 aromatic rings. The maximum Gasteiger partial charge on any atom is 0.0407 e. The lowest BCUT2D eigenvalue weighted by Crippen LogP contribution is -2.29. The Hall–Kier alpha value is -0.690. The van der Waals surface area contributed by atoms with Gasteiger partial charge in [-0.1, -0.05) is 25.4 Å². The molecule has 2 heteroatoms. The van der Waals surface area contributed by atoms with E-state index in [2.05, 4.69) is 31.3 Å². The molecule has 1 aromatic carbocycles. The van der Waals surface area contributed by atoms with E-state index in [-0.39, 0.29) is 0 Å². The number of hydrogen-bond donors (Lipinski definition) is 1. The van der Waals surface area contributed by atoms with Crippen LogP contribution >= 0.6 is 11.6 Å². The van der Waals surface area contributed by atoms with Crippen molar-refractivity contribution in [3.05, 3.63) is 29.3 Å². The van der Waals surface area contributed by atoms with Crippen molar-refractivity contribution >= 4 is 17.3 Å². The van der Waals surface area contributed by atoms with Gasteiger partial charge in [-0.2, -0.15) is 0 Å². The average Bonchev–Trinajstić information content (AvgIpc) is 2.24. The zero-order chi connectivity index (χ0) is 11.6. The summed E-state index contributed by atoms with van der Waals surface area (Å²) in [6.07, 6.45) is 5.18. The van der Waals surface area contributed by atoms with E-state index < -0.39 is 0 Å². The molecule has 1 aliphatic carbocycles. The third-order valence-corrected chi connectivity index (χ3v) is 3.81. The van der Waals surface area contributed by atoms with E-state index in [1.54, 1.807) is 0 Å². The van der Waals surface area contributed by atoms with Gasteiger partial charge < -0.3 is 5.32 Å². The Morgan fingerprint density at radius 1 is 1.12 bits per heavy atom. The predicted octanol–water partition coefficient (Wildman–Crippen LogP) is 4.72. The van der Waals surface area contributed by atoms with Gasteiger partial charge in [-0.15, -0.1) is 0 Å². The molecule has 1 fully saturated rings. The molecule has 0 aliphatic heterocycles. The van der Waals surface area contributed by atoms with Crippen molar-refractivity contribution < 1.29 is 0 Å². The van der Waals surface area contributed by atoms with Gasteiger partial charge >= 0.3 is 0 Å². The minimum atomic E-state index is 0.540. The summed E-state index contributed by atoms with van der Waals surface area (Å²) in [5, 5.41) is 4.39. The molecule has 1 N–H and O–H groups in total. The summed E-state index contributed by atoms with van der Waals surface area (Å²) in [5.41, 5.74) is 1.73. The minimum absolute atomic E-state index is 0.540. The van der Waals surface area contributed by atoms with E-state index in [4.69, 9.17) is 11.6 Å². The number of hydrogen-bond acceptors (Lipinski definition) is 1. The van der Waals surface area contributed by atoms with Crippen molar-refractivity contribution in [2.45, 2.75) is 45.6 Å². The van der Waals surface area contributed by atoms with Crippen molar-refractivity contribution in [3.63, 3.8) is 0 Å². The van der Waals surface area contributed by atoms with Crippen LogP contribution in [0.25, 0.3) is 0 Å². The molecule has 0 saturated heterocycles. The Bertz CT molecular complexity index is 332. The van der Waals surface area contributed by atoms with E-state index in [9.17, 15) is 0 Å². The summed E-state index contributed by atoms with van der Waals surface area (Å²) < 4.78 is 0. The quantitative estimate of drug-likeness (QED) is 0.785. The lowest BCUT2D eigenvalue weighted by molar-refractivity contribution is 0.232. The summed E-state index contributed by atoms with van der Waals surface area (Å²) in [4.78, 5) is 0. The van der Waals surface area contributed by atoms with E-state index in [0.29, 0.717) is 11.5 Å². The molecule has 88 valence electrons. The molecule has 0 radical (unpaired) electrons. The van der Waals surface area contributed by atoms with Gasteiger partial charge in [-0.05, 0) is 55.4 Å². The number of rotatable bonds is 2. The normalized spacial score (nSPS) is 20.7. The molecule has 0 spiro atoms. The van der Waals surface area contributed by atoms with Crippen LogP contribution in [0.4, 0.5) is 5.69 Å². The van der Waals surface area contributed by atoms with Gasteiger partial charge in [0.25, 0.3) is 0 Å². The molecule has 1 nitrogen and oxygen atoms in total. The molecule has 16 heavy (non-hydrogen) atoms. The highest BCUT2D eigenvalue weighted by Crippen LogP contribution is 2.36. The Balaban J connectivity index is 1.89. The van der Waals surface area contributed by atoms with Crippen LogP contribution in [-0.4, -0.2) is 6.04 Å². The van der Waals surface area contributed by atoms with Crippen LogP contribution in [0.3, 0.4) is 0 Å². The molecule has 0 unspecified atom stereocenters. The highest BCUT2D eigenvalue weighted by Gasteiger charge is 2.26. The topological polar surface area (TPSA) is 12.0 Å². The van der Waals surface area contributed by atoms with Crippen molar-refractivity contribution in [1.82, 2.24) is 0 Å². The van der Waals surface area contributed by atoms with Gasteiger partial charge in [0.15, 0.2) is 0 Å². The van der Waals surface area contributed by atoms with Crippen LogP contribution in [0.2, 0.25) is 5.02 Å². The molecule has 2 rings (SSSR count). The third-order valence-electron chi connectivity index (χ3n) is 3.55. The smallest absolute Gasteiger partial charge is 0.0407 e. The third kappa shape index (κ3) is 3.15. The fraction of sp³-hybridized carbons (Fsp3) is 0.571. The monoisotopic (exact) mass is 237 g/mol. The van der Waals surface area contributed by atoms with E-state index in [1.165, 1.54) is 31.4 Å². The largest absolute Gasteiger partial charge is 0.382 e. The summed E-state index contributed by atoms with van der Waals surface area (Å²) in [5.74, 6) is 0. The van der Waals surface area contributed by atoms with Gasteiger partial charge in [-0.25, -0.2) is 0 Å². The summed E-state index contributed by atoms with van der Waals surface area (Å²) in [6, 6.07) is 8.63. The first kappa shape index (κ1) is 11.8. The summed E-state index contributed by atoms with van der Waals surface area (Å²) in [7, 11) is 0.